The van der Waals surface area contributed by atoms with Crippen LogP contribution in [-0.2, 0) is 16.1 Å². The van der Waals surface area contributed by atoms with Crippen LogP contribution in [0, 0.1) is 5.82 Å². The first-order valence-corrected chi connectivity index (χ1v) is 7.74. The minimum absolute atomic E-state index is 0.0381. The van der Waals surface area contributed by atoms with Gasteiger partial charge in [0.15, 0.2) is 0 Å². The molecule has 0 atom stereocenters. The first kappa shape index (κ1) is 18.0. The highest BCUT2D eigenvalue weighted by Crippen LogP contribution is 2.33. The lowest BCUT2D eigenvalue weighted by atomic mass is 10.1. The molecule has 0 radical (unpaired) electrons. The predicted octanol–water partition coefficient (Wildman–Crippen LogP) is 3.28. The molecule has 128 valence electrons. The molecule has 6 nitrogen and oxygen atoms in total. The number of carbonyl (C=O) groups is 2. The number of hydrogen-bond donors (Lipinski definition) is 1. The minimum atomic E-state index is -0.699. The molecule has 1 heterocycles. The molecule has 0 aliphatic carbocycles. The molecule has 2 N–H and O–H groups in total. The summed E-state index contributed by atoms with van der Waals surface area (Å²) >= 11 is 6.58. The fourth-order valence-corrected chi connectivity index (χ4v) is 3.08. The Morgan fingerprint density at radius 3 is 2.50 bits per heavy atom. The molecule has 1 aromatic carbocycles. The molecule has 2 rings (SSSR count). The number of esters is 2. The SMILES string of the molecule is COC(=O)c1sc(N)c(C(=O)OC)c1COc1ccc(F)c(Cl)c1. The van der Waals surface area contributed by atoms with Gasteiger partial charge in [-0.1, -0.05) is 11.6 Å². The van der Waals surface area contributed by atoms with E-state index >= 15 is 0 Å². The van der Waals surface area contributed by atoms with E-state index in [0.29, 0.717) is 0 Å². The van der Waals surface area contributed by atoms with Crippen molar-refractivity contribution in [3.8, 4) is 5.75 Å². The fourth-order valence-electron chi connectivity index (χ4n) is 1.93. The average molecular weight is 374 g/mol. The number of halogens is 2. The van der Waals surface area contributed by atoms with E-state index < -0.39 is 17.8 Å². The molecule has 0 unspecified atom stereocenters. The number of rotatable bonds is 5. The van der Waals surface area contributed by atoms with Gasteiger partial charge in [-0.3, -0.25) is 0 Å². The van der Waals surface area contributed by atoms with Crippen molar-refractivity contribution in [2.24, 2.45) is 0 Å². The van der Waals surface area contributed by atoms with Gasteiger partial charge in [0, 0.05) is 11.6 Å². The van der Waals surface area contributed by atoms with Crippen molar-refractivity contribution in [2.45, 2.75) is 6.61 Å². The van der Waals surface area contributed by atoms with Gasteiger partial charge in [0.2, 0.25) is 0 Å². The Labute approximate surface area is 145 Å². The van der Waals surface area contributed by atoms with Gasteiger partial charge in [0.05, 0.1) is 19.2 Å². The maximum atomic E-state index is 13.2. The van der Waals surface area contributed by atoms with Crippen LogP contribution in [0.3, 0.4) is 0 Å². The lowest BCUT2D eigenvalue weighted by Crippen LogP contribution is -2.11. The summed E-state index contributed by atoms with van der Waals surface area (Å²) < 4.78 is 28.0. The van der Waals surface area contributed by atoms with Gasteiger partial charge in [-0.05, 0) is 12.1 Å². The van der Waals surface area contributed by atoms with Gasteiger partial charge >= 0.3 is 11.9 Å². The number of nitrogen functional groups attached to an aromatic ring is 1. The van der Waals surface area contributed by atoms with Crippen LogP contribution in [0.2, 0.25) is 5.02 Å². The molecule has 1 aromatic heterocycles. The Hall–Kier alpha value is -2.32. The fraction of sp³-hybridized carbons (Fsp3) is 0.200. The Morgan fingerprint density at radius 2 is 1.92 bits per heavy atom. The van der Waals surface area contributed by atoms with E-state index in [4.69, 9.17) is 22.1 Å². The van der Waals surface area contributed by atoms with Crippen LogP contribution in [0.25, 0.3) is 0 Å². The summed E-state index contributed by atoms with van der Waals surface area (Å²) in [6, 6.07) is 3.79. The lowest BCUT2D eigenvalue weighted by molar-refractivity contribution is 0.0599. The molecule has 0 bridgehead atoms. The summed E-state index contributed by atoms with van der Waals surface area (Å²) in [5.41, 5.74) is 6.08. The summed E-state index contributed by atoms with van der Waals surface area (Å²) in [6.07, 6.45) is 0. The number of methoxy groups -OCH3 is 2. The van der Waals surface area contributed by atoms with E-state index in [9.17, 15) is 14.0 Å². The normalized spacial score (nSPS) is 10.3. The number of thiophene rings is 1. The Bertz CT molecular complexity index is 792. The van der Waals surface area contributed by atoms with Crippen molar-refractivity contribution >= 4 is 39.9 Å². The highest BCUT2D eigenvalue weighted by Gasteiger charge is 2.27. The van der Waals surface area contributed by atoms with Crippen LogP contribution in [0.1, 0.15) is 25.6 Å². The first-order valence-electron chi connectivity index (χ1n) is 6.54. The van der Waals surface area contributed by atoms with Crippen molar-refractivity contribution in [1.29, 1.82) is 0 Å². The summed E-state index contributed by atoms with van der Waals surface area (Å²) in [7, 11) is 2.40. The topological polar surface area (TPSA) is 87.9 Å². The van der Waals surface area contributed by atoms with Crippen LogP contribution in [0.5, 0.6) is 5.75 Å². The summed E-state index contributed by atoms with van der Waals surface area (Å²) in [4.78, 5) is 23.9. The van der Waals surface area contributed by atoms with E-state index in [2.05, 4.69) is 9.47 Å². The number of hydrogen-bond acceptors (Lipinski definition) is 7. The van der Waals surface area contributed by atoms with Crippen molar-refractivity contribution in [3.05, 3.63) is 45.0 Å². The second-order valence-electron chi connectivity index (χ2n) is 4.50. The standard InChI is InChI=1S/C15H13ClFNO5S/c1-21-14(19)11-8(12(15(20)22-2)24-13(11)18)6-23-7-3-4-10(17)9(16)5-7/h3-5H,6,18H2,1-2H3. The van der Waals surface area contributed by atoms with Gasteiger partial charge in [0.1, 0.15) is 33.6 Å². The first-order chi connectivity index (χ1) is 11.4. The maximum absolute atomic E-state index is 13.2. The number of benzene rings is 1. The van der Waals surface area contributed by atoms with E-state index in [0.717, 1.165) is 17.4 Å². The van der Waals surface area contributed by atoms with Crippen LogP contribution in [0.15, 0.2) is 18.2 Å². The van der Waals surface area contributed by atoms with Crippen molar-refractivity contribution in [3.63, 3.8) is 0 Å². The lowest BCUT2D eigenvalue weighted by Gasteiger charge is -2.09. The van der Waals surface area contributed by atoms with Gasteiger partial charge in [-0.15, -0.1) is 11.3 Å². The third-order valence-corrected chi connectivity index (χ3v) is 4.40. The van der Waals surface area contributed by atoms with Crippen molar-refractivity contribution in [2.75, 3.05) is 20.0 Å². The van der Waals surface area contributed by atoms with Gasteiger partial charge in [-0.25, -0.2) is 14.0 Å². The molecule has 0 fully saturated rings. The highest BCUT2D eigenvalue weighted by molar-refractivity contribution is 7.18. The molecule has 0 saturated carbocycles. The summed E-state index contributed by atoms with van der Waals surface area (Å²) in [5.74, 6) is -1.68. The monoisotopic (exact) mass is 373 g/mol. The van der Waals surface area contributed by atoms with E-state index in [-0.39, 0.29) is 38.4 Å². The zero-order valence-corrected chi connectivity index (χ0v) is 14.3. The number of anilines is 1. The number of ether oxygens (including phenoxy) is 3. The third kappa shape index (κ3) is 3.60. The Balaban J connectivity index is 2.37. The second-order valence-corrected chi connectivity index (χ2v) is 5.96. The van der Waals surface area contributed by atoms with Crippen LogP contribution in [0.4, 0.5) is 9.39 Å². The van der Waals surface area contributed by atoms with Gasteiger partial charge in [-0.2, -0.15) is 0 Å². The minimum Gasteiger partial charge on any atom is -0.489 e. The smallest absolute Gasteiger partial charge is 0.348 e. The molecular formula is C15H13ClFNO5S. The zero-order valence-electron chi connectivity index (χ0n) is 12.7. The van der Waals surface area contributed by atoms with Crippen molar-refractivity contribution < 1.29 is 28.2 Å². The molecule has 0 aliphatic rings. The highest BCUT2D eigenvalue weighted by atomic mass is 35.5. The Morgan fingerprint density at radius 1 is 1.25 bits per heavy atom. The van der Waals surface area contributed by atoms with Gasteiger partial charge < -0.3 is 19.9 Å². The number of nitrogens with two attached hydrogens (primary N) is 1. The summed E-state index contributed by atoms with van der Waals surface area (Å²) in [5, 5.41) is -0.00305. The quantitative estimate of drug-likeness (QED) is 0.809. The van der Waals surface area contributed by atoms with Crippen LogP contribution >= 0.6 is 22.9 Å². The van der Waals surface area contributed by atoms with E-state index in [1.165, 1.54) is 26.4 Å². The Kier molecular flexibility index (Phi) is 5.63. The maximum Gasteiger partial charge on any atom is 0.348 e. The zero-order chi connectivity index (χ0) is 17.9. The number of carbonyl (C=O) groups excluding carboxylic acids is 2. The molecule has 24 heavy (non-hydrogen) atoms. The molecule has 2 aromatic rings. The van der Waals surface area contributed by atoms with Crippen LogP contribution in [-0.4, -0.2) is 26.2 Å². The molecular weight excluding hydrogens is 361 g/mol. The second kappa shape index (κ2) is 7.50. The molecule has 0 amide bonds. The molecule has 0 saturated heterocycles. The van der Waals surface area contributed by atoms with Gasteiger partial charge in [0.25, 0.3) is 0 Å². The molecule has 0 aliphatic heterocycles. The van der Waals surface area contributed by atoms with E-state index in [1.54, 1.807) is 0 Å². The molecule has 9 heteroatoms. The molecule has 0 spiro atoms. The summed E-state index contributed by atoms with van der Waals surface area (Å²) in [6.45, 7) is -0.176. The van der Waals surface area contributed by atoms with E-state index in [1.807, 2.05) is 0 Å². The average Bonchev–Trinajstić information content (AvgIpc) is 2.91. The predicted molar refractivity (Wildman–Crippen MR) is 87.2 cm³/mol. The largest absolute Gasteiger partial charge is 0.489 e. The third-order valence-electron chi connectivity index (χ3n) is 3.07. The van der Waals surface area contributed by atoms with Crippen molar-refractivity contribution in [1.82, 2.24) is 0 Å². The van der Waals surface area contributed by atoms with Crippen LogP contribution < -0.4 is 10.5 Å².